The van der Waals surface area contributed by atoms with Gasteiger partial charge in [-0.25, -0.2) is 0 Å². The van der Waals surface area contributed by atoms with Crippen molar-refractivity contribution in [2.75, 3.05) is 19.8 Å². The largest absolute Gasteiger partial charge is 0.490 e. The van der Waals surface area contributed by atoms with Crippen LogP contribution in [0.3, 0.4) is 0 Å². The molecule has 1 aromatic rings. The lowest BCUT2D eigenvalue weighted by atomic mass is 10.0. The highest BCUT2D eigenvalue weighted by Gasteiger charge is 2.20. The second-order valence-corrected chi connectivity index (χ2v) is 4.03. The topological polar surface area (TPSA) is 47.9 Å². The van der Waals surface area contributed by atoms with Crippen molar-refractivity contribution in [3.63, 3.8) is 0 Å². The first-order valence-electron chi connectivity index (χ1n) is 6.92. The van der Waals surface area contributed by atoms with Crippen molar-refractivity contribution >= 4 is 0 Å². The summed E-state index contributed by atoms with van der Waals surface area (Å²) in [6, 6.07) is 3.66. The third-order valence-corrected chi connectivity index (χ3v) is 2.73. The smallest absolute Gasteiger partial charge is 0.203 e. The third-order valence-electron chi connectivity index (χ3n) is 2.73. The van der Waals surface area contributed by atoms with Gasteiger partial charge in [0.05, 0.1) is 25.9 Å². The molecule has 19 heavy (non-hydrogen) atoms. The molecule has 0 saturated heterocycles. The van der Waals surface area contributed by atoms with E-state index < -0.39 is 6.10 Å². The second-order valence-electron chi connectivity index (χ2n) is 4.03. The highest BCUT2D eigenvalue weighted by Crippen LogP contribution is 2.43. The Labute approximate surface area is 115 Å². The van der Waals surface area contributed by atoms with Gasteiger partial charge in [0.25, 0.3) is 0 Å². The number of hydrogen-bond donors (Lipinski definition) is 1. The third kappa shape index (κ3) is 3.77. The van der Waals surface area contributed by atoms with Gasteiger partial charge in [-0.05, 0) is 39.3 Å². The van der Waals surface area contributed by atoms with Crippen molar-refractivity contribution in [3.05, 3.63) is 17.7 Å². The van der Waals surface area contributed by atoms with E-state index in [0.717, 1.165) is 5.56 Å². The zero-order chi connectivity index (χ0) is 14.3. The molecule has 0 spiro atoms. The summed E-state index contributed by atoms with van der Waals surface area (Å²) in [6.45, 7) is 9.26. The first-order valence-corrected chi connectivity index (χ1v) is 6.92. The summed E-state index contributed by atoms with van der Waals surface area (Å²) in [6.07, 6.45) is 0.0658. The van der Waals surface area contributed by atoms with Crippen molar-refractivity contribution in [1.29, 1.82) is 0 Å². The standard InChI is InChI=1S/C15H24O4/c1-5-12(16)11-9-10-13(17-6-2)15(19-8-4)14(11)18-7-3/h9-10,12,16H,5-8H2,1-4H3. The van der Waals surface area contributed by atoms with Crippen LogP contribution < -0.4 is 14.2 Å². The minimum absolute atomic E-state index is 0.513. The number of hydrogen-bond acceptors (Lipinski definition) is 4. The maximum atomic E-state index is 10.1. The van der Waals surface area contributed by atoms with Crippen molar-refractivity contribution in [2.45, 2.75) is 40.2 Å². The van der Waals surface area contributed by atoms with Crippen LogP contribution in [-0.2, 0) is 0 Å². The van der Waals surface area contributed by atoms with Crippen LogP contribution in [0.4, 0.5) is 0 Å². The molecule has 1 atom stereocenters. The highest BCUT2D eigenvalue weighted by molar-refractivity contribution is 5.56. The summed E-state index contributed by atoms with van der Waals surface area (Å²) in [5, 5.41) is 10.1. The van der Waals surface area contributed by atoms with Crippen LogP contribution in [0.15, 0.2) is 12.1 Å². The molecular weight excluding hydrogens is 244 g/mol. The average molecular weight is 268 g/mol. The van der Waals surface area contributed by atoms with E-state index >= 15 is 0 Å². The van der Waals surface area contributed by atoms with E-state index in [0.29, 0.717) is 43.5 Å². The second kappa shape index (κ2) is 7.89. The molecule has 0 radical (unpaired) electrons. The predicted molar refractivity (Wildman–Crippen MR) is 75.2 cm³/mol. The highest BCUT2D eigenvalue weighted by atomic mass is 16.5. The van der Waals surface area contributed by atoms with E-state index in [1.165, 1.54) is 0 Å². The van der Waals surface area contributed by atoms with Crippen molar-refractivity contribution in [1.82, 2.24) is 0 Å². The van der Waals surface area contributed by atoms with Crippen LogP contribution in [0, 0.1) is 0 Å². The Morgan fingerprint density at radius 1 is 0.895 bits per heavy atom. The van der Waals surface area contributed by atoms with Gasteiger partial charge in [-0.1, -0.05) is 6.92 Å². The minimum Gasteiger partial charge on any atom is -0.490 e. The van der Waals surface area contributed by atoms with Gasteiger partial charge in [-0.15, -0.1) is 0 Å². The molecule has 0 saturated carbocycles. The molecular formula is C15H24O4. The van der Waals surface area contributed by atoms with Gasteiger partial charge in [0.2, 0.25) is 5.75 Å². The Hall–Kier alpha value is -1.42. The summed E-state index contributed by atoms with van der Waals surface area (Å²) in [5.74, 6) is 1.82. The van der Waals surface area contributed by atoms with E-state index in [-0.39, 0.29) is 0 Å². The van der Waals surface area contributed by atoms with Crippen LogP contribution in [0.1, 0.15) is 45.8 Å². The quantitative estimate of drug-likeness (QED) is 0.785. The maximum absolute atomic E-state index is 10.1. The molecule has 0 aliphatic rings. The minimum atomic E-state index is -0.559. The lowest BCUT2D eigenvalue weighted by molar-refractivity contribution is 0.165. The Kier molecular flexibility index (Phi) is 6.50. The van der Waals surface area contributed by atoms with Crippen LogP contribution in [0.2, 0.25) is 0 Å². The summed E-state index contributed by atoms with van der Waals surface area (Å²) in [4.78, 5) is 0. The lowest BCUT2D eigenvalue weighted by Crippen LogP contribution is -2.07. The zero-order valence-corrected chi connectivity index (χ0v) is 12.2. The van der Waals surface area contributed by atoms with Gasteiger partial charge in [-0.2, -0.15) is 0 Å². The average Bonchev–Trinajstić information content (AvgIpc) is 2.42. The monoisotopic (exact) mass is 268 g/mol. The van der Waals surface area contributed by atoms with E-state index in [9.17, 15) is 5.11 Å². The molecule has 0 aliphatic heterocycles. The van der Waals surface area contributed by atoms with Crippen LogP contribution in [0.25, 0.3) is 0 Å². The number of ether oxygens (including phenoxy) is 3. The molecule has 1 N–H and O–H groups in total. The summed E-state index contributed by atoms with van der Waals surface area (Å²) in [5.41, 5.74) is 0.747. The summed E-state index contributed by atoms with van der Waals surface area (Å²) >= 11 is 0. The van der Waals surface area contributed by atoms with E-state index in [2.05, 4.69) is 0 Å². The number of rotatable bonds is 8. The molecule has 1 unspecified atom stereocenters. The Morgan fingerprint density at radius 3 is 2.00 bits per heavy atom. The van der Waals surface area contributed by atoms with Crippen molar-refractivity contribution in [2.24, 2.45) is 0 Å². The molecule has 0 fully saturated rings. The molecule has 108 valence electrons. The van der Waals surface area contributed by atoms with Crippen molar-refractivity contribution < 1.29 is 19.3 Å². The van der Waals surface area contributed by atoms with Gasteiger partial charge in [0, 0.05) is 5.56 Å². The SMILES string of the molecule is CCOc1ccc(C(O)CC)c(OCC)c1OCC. The number of benzene rings is 1. The maximum Gasteiger partial charge on any atom is 0.203 e. The number of aliphatic hydroxyl groups excluding tert-OH is 1. The lowest BCUT2D eigenvalue weighted by Gasteiger charge is -2.20. The number of aliphatic hydroxyl groups is 1. The Bertz CT molecular complexity index is 390. The Morgan fingerprint density at radius 2 is 1.47 bits per heavy atom. The van der Waals surface area contributed by atoms with Gasteiger partial charge in [0.1, 0.15) is 0 Å². The fraction of sp³-hybridized carbons (Fsp3) is 0.600. The molecule has 0 bridgehead atoms. The summed E-state index contributed by atoms with van der Waals surface area (Å²) < 4.78 is 16.9. The van der Waals surface area contributed by atoms with Gasteiger partial charge in [0.15, 0.2) is 11.5 Å². The molecule has 4 heteroatoms. The predicted octanol–water partition coefficient (Wildman–Crippen LogP) is 3.33. The zero-order valence-electron chi connectivity index (χ0n) is 12.2. The van der Waals surface area contributed by atoms with Crippen LogP contribution >= 0.6 is 0 Å². The Balaban J connectivity index is 3.30. The molecule has 0 aliphatic carbocycles. The van der Waals surface area contributed by atoms with E-state index in [1.807, 2.05) is 39.8 Å². The fourth-order valence-corrected chi connectivity index (χ4v) is 1.89. The normalized spacial score (nSPS) is 12.1. The van der Waals surface area contributed by atoms with E-state index in [4.69, 9.17) is 14.2 Å². The first kappa shape index (κ1) is 15.6. The van der Waals surface area contributed by atoms with Gasteiger partial charge < -0.3 is 19.3 Å². The molecule has 1 rings (SSSR count). The van der Waals surface area contributed by atoms with E-state index in [1.54, 1.807) is 0 Å². The molecule has 0 amide bonds. The van der Waals surface area contributed by atoms with Crippen LogP contribution in [-0.4, -0.2) is 24.9 Å². The molecule has 4 nitrogen and oxygen atoms in total. The molecule has 0 heterocycles. The van der Waals surface area contributed by atoms with Crippen molar-refractivity contribution in [3.8, 4) is 17.2 Å². The molecule has 0 aromatic heterocycles. The van der Waals surface area contributed by atoms with Crippen LogP contribution in [0.5, 0.6) is 17.2 Å². The fourth-order valence-electron chi connectivity index (χ4n) is 1.89. The molecule has 1 aromatic carbocycles. The first-order chi connectivity index (χ1) is 9.19. The summed E-state index contributed by atoms with van der Waals surface area (Å²) in [7, 11) is 0. The van der Waals surface area contributed by atoms with Gasteiger partial charge in [-0.3, -0.25) is 0 Å². The van der Waals surface area contributed by atoms with Gasteiger partial charge >= 0.3 is 0 Å².